The van der Waals surface area contributed by atoms with Crippen molar-refractivity contribution in [1.82, 2.24) is 9.47 Å². The van der Waals surface area contributed by atoms with Crippen LogP contribution < -0.4 is 0 Å². The summed E-state index contributed by atoms with van der Waals surface area (Å²) in [6, 6.07) is 8.02. The molecule has 1 N–H and O–H groups in total. The van der Waals surface area contributed by atoms with E-state index < -0.39 is 0 Å². The van der Waals surface area contributed by atoms with Crippen LogP contribution in [0.25, 0.3) is 10.9 Å². The van der Waals surface area contributed by atoms with Gasteiger partial charge in [0.2, 0.25) is 0 Å². The van der Waals surface area contributed by atoms with Gasteiger partial charge in [-0.2, -0.15) is 0 Å². The van der Waals surface area contributed by atoms with E-state index in [0.717, 1.165) is 42.1 Å². The smallest absolute Gasteiger partial charge is 0.256 e. The van der Waals surface area contributed by atoms with Crippen LogP contribution in [0, 0.1) is 0 Å². The first kappa shape index (κ1) is 18.5. The molecule has 0 unspecified atom stereocenters. The van der Waals surface area contributed by atoms with Crippen molar-refractivity contribution < 1.29 is 19.4 Å². The number of aryl methyl sites for hydroxylation is 1. The Kier molecular flexibility index (Phi) is 4.97. The number of amides is 1. The Hall–Kier alpha value is -1.89. The third-order valence-electron chi connectivity index (χ3n) is 6.37. The maximum absolute atomic E-state index is 13.5. The molecule has 3 atom stereocenters. The number of aliphatic hydroxyl groups is 1. The van der Waals surface area contributed by atoms with E-state index in [1.54, 1.807) is 7.11 Å². The standard InChI is InChI=1S/C21H28N2O4/c1-22-14-17(16-5-3-4-6-18(16)22)20(25)23-10-9-21(26-2)8-7-15(13-19(21)23)27-12-11-24/h3-6,14-15,19,24H,7-13H2,1-2H3/t15-,19-,21+/m0/s1. The molecule has 0 radical (unpaired) electrons. The number of methoxy groups -OCH3 is 1. The van der Waals surface area contributed by atoms with Crippen LogP contribution in [0.15, 0.2) is 30.5 Å². The number of aliphatic hydroxyl groups excluding tert-OH is 1. The van der Waals surface area contributed by atoms with Crippen LogP contribution in [0.5, 0.6) is 0 Å². The maximum Gasteiger partial charge on any atom is 0.256 e. The highest BCUT2D eigenvalue weighted by Crippen LogP contribution is 2.44. The fourth-order valence-corrected chi connectivity index (χ4v) is 4.94. The molecule has 2 heterocycles. The van der Waals surface area contributed by atoms with E-state index in [0.29, 0.717) is 13.2 Å². The van der Waals surface area contributed by atoms with Gasteiger partial charge in [-0.15, -0.1) is 0 Å². The molecule has 2 fully saturated rings. The van der Waals surface area contributed by atoms with Crippen LogP contribution in [-0.2, 0) is 16.5 Å². The molecule has 27 heavy (non-hydrogen) atoms. The SMILES string of the molecule is CO[C@@]12CC[C@H](OCCO)C[C@@H]1N(C(=O)c1cn(C)c3ccccc13)CC2. The Bertz CT molecular complexity index is 833. The number of hydrogen-bond acceptors (Lipinski definition) is 4. The van der Waals surface area contributed by atoms with Crippen molar-refractivity contribution in [2.24, 2.45) is 7.05 Å². The van der Waals surface area contributed by atoms with Crippen molar-refractivity contribution in [3.8, 4) is 0 Å². The molecule has 1 saturated carbocycles. The third kappa shape index (κ3) is 3.06. The number of nitrogens with zero attached hydrogens (tertiary/aromatic N) is 2. The van der Waals surface area contributed by atoms with Gasteiger partial charge in [-0.25, -0.2) is 0 Å². The summed E-state index contributed by atoms with van der Waals surface area (Å²) in [6.45, 7) is 1.07. The summed E-state index contributed by atoms with van der Waals surface area (Å²) in [6.07, 6.45) is 5.39. The Labute approximate surface area is 159 Å². The predicted octanol–water partition coefficient (Wildman–Crippen LogP) is 2.34. The van der Waals surface area contributed by atoms with Crippen molar-refractivity contribution >= 4 is 16.8 Å². The molecular weight excluding hydrogens is 344 g/mol. The number of fused-ring (bicyclic) bond motifs is 2. The number of likely N-dealkylation sites (tertiary alicyclic amines) is 1. The van der Waals surface area contributed by atoms with E-state index >= 15 is 0 Å². The lowest BCUT2D eigenvalue weighted by Crippen LogP contribution is -2.53. The van der Waals surface area contributed by atoms with Crippen LogP contribution in [0.4, 0.5) is 0 Å². The fraction of sp³-hybridized carbons (Fsp3) is 0.571. The van der Waals surface area contributed by atoms with Crippen LogP contribution in [0.3, 0.4) is 0 Å². The van der Waals surface area contributed by atoms with Crippen molar-refractivity contribution in [3.05, 3.63) is 36.0 Å². The minimum Gasteiger partial charge on any atom is -0.394 e. The highest BCUT2D eigenvalue weighted by Gasteiger charge is 2.53. The Morgan fingerprint density at radius 1 is 1.33 bits per heavy atom. The predicted molar refractivity (Wildman–Crippen MR) is 103 cm³/mol. The summed E-state index contributed by atoms with van der Waals surface area (Å²) in [5.41, 5.74) is 1.53. The molecule has 6 nitrogen and oxygen atoms in total. The molecule has 4 rings (SSSR count). The molecule has 1 amide bonds. The van der Waals surface area contributed by atoms with E-state index in [9.17, 15) is 4.79 Å². The lowest BCUT2D eigenvalue weighted by molar-refractivity contribution is -0.0991. The van der Waals surface area contributed by atoms with E-state index in [1.165, 1.54) is 0 Å². The van der Waals surface area contributed by atoms with Crippen molar-refractivity contribution in [2.45, 2.75) is 43.4 Å². The van der Waals surface area contributed by atoms with Crippen LogP contribution in [-0.4, -0.2) is 65.1 Å². The number of benzene rings is 1. The van der Waals surface area contributed by atoms with Gasteiger partial charge in [0.1, 0.15) is 0 Å². The van der Waals surface area contributed by atoms with Gasteiger partial charge in [-0.1, -0.05) is 18.2 Å². The second kappa shape index (κ2) is 7.26. The summed E-state index contributed by atoms with van der Waals surface area (Å²) in [5.74, 6) is 0.0681. The van der Waals surface area contributed by atoms with Gasteiger partial charge in [-0.3, -0.25) is 4.79 Å². The normalized spacial score (nSPS) is 27.9. The van der Waals surface area contributed by atoms with Gasteiger partial charge in [0.25, 0.3) is 5.91 Å². The van der Waals surface area contributed by atoms with E-state index in [4.69, 9.17) is 14.6 Å². The summed E-state index contributed by atoms with van der Waals surface area (Å²) in [7, 11) is 3.73. The Morgan fingerprint density at radius 3 is 2.93 bits per heavy atom. The Balaban J connectivity index is 1.63. The molecule has 146 valence electrons. The topological polar surface area (TPSA) is 63.9 Å². The lowest BCUT2D eigenvalue weighted by atomic mass is 9.79. The van der Waals surface area contributed by atoms with Gasteiger partial charge in [0.05, 0.1) is 36.5 Å². The summed E-state index contributed by atoms with van der Waals surface area (Å²) >= 11 is 0. The number of para-hydroxylation sites is 1. The average molecular weight is 372 g/mol. The van der Waals surface area contributed by atoms with Crippen LogP contribution in [0.2, 0.25) is 0 Å². The number of hydrogen-bond donors (Lipinski definition) is 1. The largest absolute Gasteiger partial charge is 0.394 e. The molecule has 6 heteroatoms. The zero-order valence-electron chi connectivity index (χ0n) is 16.1. The molecule has 1 aliphatic carbocycles. The third-order valence-corrected chi connectivity index (χ3v) is 6.37. The van der Waals surface area contributed by atoms with Gasteiger partial charge in [-0.05, 0) is 31.7 Å². The number of carbonyl (C=O) groups is 1. The zero-order valence-corrected chi connectivity index (χ0v) is 16.1. The maximum atomic E-state index is 13.5. The first-order valence-corrected chi connectivity index (χ1v) is 9.72. The molecule has 1 aromatic heterocycles. The van der Waals surface area contributed by atoms with E-state index in [-0.39, 0.29) is 30.3 Å². The molecule has 1 aromatic carbocycles. The molecule has 0 bridgehead atoms. The second-order valence-electron chi connectivity index (χ2n) is 7.69. The Morgan fingerprint density at radius 2 is 2.15 bits per heavy atom. The molecule has 0 spiro atoms. The summed E-state index contributed by atoms with van der Waals surface area (Å²) in [4.78, 5) is 15.5. The van der Waals surface area contributed by atoms with Crippen LogP contribution in [0.1, 0.15) is 36.0 Å². The first-order chi connectivity index (χ1) is 13.1. The number of ether oxygens (including phenoxy) is 2. The minimum absolute atomic E-state index is 0.00594. The second-order valence-corrected chi connectivity index (χ2v) is 7.69. The average Bonchev–Trinajstić information content (AvgIpc) is 3.24. The fourth-order valence-electron chi connectivity index (χ4n) is 4.94. The van der Waals surface area contributed by atoms with Crippen molar-refractivity contribution in [2.75, 3.05) is 26.9 Å². The van der Waals surface area contributed by atoms with Crippen molar-refractivity contribution in [3.63, 3.8) is 0 Å². The first-order valence-electron chi connectivity index (χ1n) is 9.72. The molecule has 1 saturated heterocycles. The van der Waals surface area contributed by atoms with E-state index in [2.05, 4.69) is 0 Å². The summed E-state index contributed by atoms with van der Waals surface area (Å²) < 4.78 is 13.8. The monoisotopic (exact) mass is 372 g/mol. The lowest BCUT2D eigenvalue weighted by Gasteiger charge is -2.43. The number of rotatable bonds is 5. The molecule has 2 aromatic rings. The van der Waals surface area contributed by atoms with Gasteiger partial charge >= 0.3 is 0 Å². The quantitative estimate of drug-likeness (QED) is 0.875. The minimum atomic E-state index is -0.278. The van der Waals surface area contributed by atoms with E-state index in [1.807, 2.05) is 47.0 Å². The molecule has 2 aliphatic rings. The highest BCUT2D eigenvalue weighted by molar-refractivity contribution is 6.07. The van der Waals surface area contributed by atoms with Gasteiger partial charge in [0, 0.05) is 37.8 Å². The zero-order chi connectivity index (χ0) is 19.0. The van der Waals surface area contributed by atoms with Crippen molar-refractivity contribution in [1.29, 1.82) is 0 Å². The molecule has 1 aliphatic heterocycles. The summed E-state index contributed by atoms with van der Waals surface area (Å²) in [5, 5.41) is 10.0. The number of carbonyl (C=O) groups excluding carboxylic acids is 1. The highest BCUT2D eigenvalue weighted by atomic mass is 16.5. The molecular formula is C21H28N2O4. The van der Waals surface area contributed by atoms with Gasteiger partial charge in [0.15, 0.2) is 0 Å². The van der Waals surface area contributed by atoms with Gasteiger partial charge < -0.3 is 24.0 Å². The van der Waals surface area contributed by atoms with Crippen LogP contribution >= 0.6 is 0 Å². The number of aromatic nitrogens is 1.